The molecule has 26 heteroatoms. The second-order valence-electron chi connectivity index (χ2n) is 21.2. The number of primary amides is 1. The zero-order valence-electron chi connectivity index (χ0n) is 48.3. The van der Waals surface area contributed by atoms with E-state index in [1.807, 2.05) is 13.0 Å². The van der Waals surface area contributed by atoms with E-state index in [4.69, 9.17) is 50.5 Å². The van der Waals surface area contributed by atoms with Gasteiger partial charge in [0.15, 0.2) is 5.72 Å². The van der Waals surface area contributed by atoms with Gasteiger partial charge >= 0.3 is 24.2 Å². The van der Waals surface area contributed by atoms with E-state index in [0.717, 1.165) is 11.1 Å². The van der Waals surface area contributed by atoms with Gasteiger partial charge in [0.05, 0.1) is 44.7 Å². The van der Waals surface area contributed by atoms with Crippen molar-refractivity contribution >= 4 is 92.4 Å². The molecule has 0 aliphatic carbocycles. The topological polar surface area (TPSA) is 326 Å². The van der Waals surface area contributed by atoms with E-state index >= 15 is 0 Å². The number of unbranched alkanes of at least 4 members (excludes halogenated alkanes) is 2. The number of hydrogen-bond donors (Lipinski definition) is 8. The number of hydrogen-bond acceptors (Lipinski definition) is 16. The predicted molar refractivity (Wildman–Crippen MR) is 312 cm³/mol. The Hall–Kier alpha value is -6.93. The Kier molecular flexibility index (Phi) is 24.6. The third-order valence-corrected chi connectivity index (χ3v) is 15.6. The van der Waals surface area contributed by atoms with Crippen LogP contribution in [0.4, 0.5) is 31.4 Å². The average molecular weight is 1250 g/mol. The zero-order valence-corrected chi connectivity index (χ0v) is 50.6. The van der Waals surface area contributed by atoms with E-state index in [2.05, 4.69) is 54.4 Å². The number of benzene rings is 2. The van der Waals surface area contributed by atoms with Crippen molar-refractivity contribution in [1.29, 1.82) is 0 Å². The highest BCUT2D eigenvalue weighted by Crippen LogP contribution is 2.49. The molecule has 0 radical (unpaired) electrons. The van der Waals surface area contributed by atoms with Crippen LogP contribution in [0.5, 0.6) is 11.5 Å². The van der Waals surface area contributed by atoms with Gasteiger partial charge in [0, 0.05) is 62.1 Å². The molecule has 83 heavy (non-hydrogen) atoms. The molecular formula is C57H78BrClN8O16. The molecule has 24 nitrogen and oxygen atoms in total. The summed E-state index contributed by atoms with van der Waals surface area (Å²) in [4.78, 5) is 107. The highest BCUT2D eigenvalue weighted by atomic mass is 79.9. The Morgan fingerprint density at radius 1 is 1.00 bits per heavy atom. The molecule has 456 valence electrons. The fourth-order valence-electron chi connectivity index (χ4n) is 9.69. The van der Waals surface area contributed by atoms with Crippen LogP contribution in [0.1, 0.15) is 91.5 Å². The molecule has 5 rings (SSSR count). The van der Waals surface area contributed by atoms with Crippen molar-refractivity contribution in [3.63, 3.8) is 0 Å². The number of nitrogens with one attached hydrogen (secondary N) is 6. The number of carbonyl (C=O) groups excluding carboxylic acids is 8. The molecule has 4 bridgehead atoms. The van der Waals surface area contributed by atoms with Gasteiger partial charge in [-0.15, -0.1) is 0 Å². The van der Waals surface area contributed by atoms with Crippen LogP contribution in [0, 0.1) is 11.8 Å². The van der Waals surface area contributed by atoms with Crippen LogP contribution < -0.4 is 52.0 Å². The first-order valence-electron chi connectivity index (χ1n) is 27.2. The lowest BCUT2D eigenvalue weighted by molar-refractivity contribution is -0.142. The number of esters is 1. The number of methoxy groups -OCH3 is 3. The highest BCUT2D eigenvalue weighted by molar-refractivity contribution is 9.09. The molecule has 2 aromatic carbocycles. The Bertz CT molecular complexity index is 2780. The van der Waals surface area contributed by atoms with Crippen LogP contribution in [0.3, 0.4) is 0 Å². The van der Waals surface area contributed by atoms with Gasteiger partial charge in [0.1, 0.15) is 52.5 Å². The third kappa shape index (κ3) is 18.5. The largest absolute Gasteiger partial charge is 0.495 e. The lowest BCUT2D eigenvalue weighted by Gasteiger charge is -2.42. The van der Waals surface area contributed by atoms with Gasteiger partial charge in [-0.3, -0.25) is 29.8 Å². The number of carbonyl (C=O) groups is 8. The maximum Gasteiger partial charge on any atom is 0.412 e. The second kappa shape index (κ2) is 30.6. The number of nitrogens with zero attached hydrogens (tertiary/aromatic N) is 1. The van der Waals surface area contributed by atoms with E-state index in [1.165, 1.54) is 51.5 Å². The number of allylic oxidation sites excluding steroid dienone is 3. The van der Waals surface area contributed by atoms with Crippen LogP contribution in [-0.4, -0.2) is 148 Å². The minimum Gasteiger partial charge on any atom is -0.495 e. The fraction of sp³-hybridized carbons (Fsp3) is 0.544. The summed E-state index contributed by atoms with van der Waals surface area (Å²) in [5.74, 6) is -3.36. The molecule has 9 atom stereocenters. The first kappa shape index (κ1) is 66.9. The molecule has 0 spiro atoms. The summed E-state index contributed by atoms with van der Waals surface area (Å²) in [5, 5.41) is 28.3. The number of amides is 8. The lowest BCUT2D eigenvalue weighted by Crippen LogP contribution is -2.63. The molecule has 3 heterocycles. The number of nitrogens with two attached hydrogens (primary N) is 1. The minimum absolute atomic E-state index is 0.0382. The number of epoxide rings is 1. The Balaban J connectivity index is 1.34. The first-order valence-corrected chi connectivity index (χ1v) is 28.7. The second-order valence-corrected chi connectivity index (χ2v) is 22.1. The van der Waals surface area contributed by atoms with Crippen LogP contribution in [-0.2, 0) is 54.1 Å². The number of alkyl halides is 1. The number of anilines is 3. The van der Waals surface area contributed by atoms with Crippen LogP contribution in [0.2, 0.25) is 5.02 Å². The molecule has 3 aliphatic rings. The van der Waals surface area contributed by atoms with Crippen molar-refractivity contribution in [2.75, 3.05) is 62.4 Å². The number of urea groups is 1. The van der Waals surface area contributed by atoms with E-state index in [1.54, 1.807) is 52.0 Å². The number of aliphatic hydroxyl groups is 1. The van der Waals surface area contributed by atoms with Gasteiger partial charge in [0.2, 0.25) is 23.6 Å². The van der Waals surface area contributed by atoms with Crippen molar-refractivity contribution in [2.24, 2.45) is 17.6 Å². The maximum absolute atomic E-state index is 14.5. The SMILES string of the molecule is C=C(CBr)C(=O)OCCCCCC(=O)N[C@H](C(=O)N[C@@H](CCCNC(N)=O)C(=O)Nc1ccc(NC(=O)O[C@H]2CC(=O)N(C)c3cc(cc(OC)c3Cl)C/C(C)=C/C=C/[C@@H](OC)[C@@]3(O)C[C@H](OC(=O)N3)[C@@H](C)[C@@H]3O[C@@]23C)c(OC)c1)C(C)C. The molecule has 9 N–H and O–H groups in total. The standard InChI is InChI=1S/C57H78BrClN8O16/c1-31(2)48(65-45(68)19-12-11-13-23-80-52(72)33(4)30-58)51(71)63-38(17-15-22-61-53(60)73)50(70)62-36-20-21-37(40(27-36)77-8)64-54(74)82-44-28-46(69)67(7)39-25-35(26-41(78-9)47(39)59)24-32(3)16-14-18-43(79-10)57(76)29-42(81-55(75)66-57)34(5)49-56(44,6)83-49/h14,16,18,20-21,25-27,31,34,38,42-44,48-49,76H,4,11-13,15,17,19,22-24,28-30H2,1-3,5-10H3,(H,62,70)(H,63,71)(H,64,74)(H,65,68)(H,66,75)(H3,60,61,73)/b18-14+,32-16+/t34-,38+,42+,43-,44+,48+,49+,56+,57+/m1/s1. The third-order valence-electron chi connectivity index (χ3n) is 14.5. The normalized spacial score (nSPS) is 24.1. The van der Waals surface area contributed by atoms with Gasteiger partial charge < -0.3 is 70.2 Å². The van der Waals surface area contributed by atoms with Gasteiger partial charge in [-0.25, -0.2) is 19.2 Å². The summed E-state index contributed by atoms with van der Waals surface area (Å²) in [5.41, 5.74) is 4.49. The Morgan fingerprint density at radius 2 is 1.72 bits per heavy atom. The van der Waals surface area contributed by atoms with Crippen molar-refractivity contribution < 1.29 is 76.6 Å². The van der Waals surface area contributed by atoms with Crippen molar-refractivity contribution in [2.45, 2.75) is 140 Å². The summed E-state index contributed by atoms with van der Waals surface area (Å²) in [6.45, 7) is 12.6. The molecule has 2 saturated heterocycles. The molecular weight excluding hydrogens is 1170 g/mol. The van der Waals surface area contributed by atoms with E-state index in [0.29, 0.717) is 48.0 Å². The zero-order chi connectivity index (χ0) is 61.3. The first-order chi connectivity index (χ1) is 39.3. The Labute approximate surface area is 496 Å². The number of ether oxygens (including phenoxy) is 7. The predicted octanol–water partition coefficient (Wildman–Crippen LogP) is 6.45. The van der Waals surface area contributed by atoms with Crippen molar-refractivity contribution in [1.82, 2.24) is 21.3 Å². The van der Waals surface area contributed by atoms with Crippen molar-refractivity contribution in [3.05, 3.63) is 76.9 Å². The minimum atomic E-state index is -1.91. The summed E-state index contributed by atoms with van der Waals surface area (Å²) >= 11 is 10.00. The summed E-state index contributed by atoms with van der Waals surface area (Å²) < 4.78 is 40.2. The number of alkyl carbamates (subject to hydrolysis) is 1. The monoisotopic (exact) mass is 1240 g/mol. The fourth-order valence-corrected chi connectivity index (χ4v) is 10.2. The molecule has 3 aliphatic heterocycles. The highest BCUT2D eigenvalue weighted by Gasteiger charge is 2.64. The smallest absolute Gasteiger partial charge is 0.412 e. The molecule has 0 saturated carbocycles. The van der Waals surface area contributed by atoms with E-state index in [-0.39, 0.29) is 61.0 Å². The van der Waals surface area contributed by atoms with Gasteiger partial charge in [-0.05, 0) is 88.1 Å². The summed E-state index contributed by atoms with van der Waals surface area (Å²) in [6, 6.07) is 4.83. The van der Waals surface area contributed by atoms with E-state index < -0.39 is 114 Å². The van der Waals surface area contributed by atoms with Gasteiger partial charge in [-0.2, -0.15) is 0 Å². The molecule has 0 aromatic heterocycles. The lowest BCUT2D eigenvalue weighted by atomic mass is 9.83. The number of rotatable bonds is 23. The molecule has 8 amide bonds. The maximum atomic E-state index is 14.5. The van der Waals surface area contributed by atoms with Crippen LogP contribution in [0.15, 0.2) is 66.3 Å². The van der Waals surface area contributed by atoms with Crippen LogP contribution >= 0.6 is 27.5 Å². The summed E-state index contributed by atoms with van der Waals surface area (Å²) in [6.07, 6.45) is 0.952. The molecule has 2 aromatic rings. The quantitative estimate of drug-likeness (QED) is 0.0148. The van der Waals surface area contributed by atoms with Crippen LogP contribution in [0.25, 0.3) is 0 Å². The number of fused-ring (bicyclic) bond motifs is 5. The Morgan fingerprint density at radius 3 is 2.39 bits per heavy atom. The molecule has 0 unspecified atom stereocenters. The number of halogens is 2. The van der Waals surface area contributed by atoms with Gasteiger partial charge in [-0.1, -0.05) is 78.7 Å². The average Bonchev–Trinajstić information content (AvgIpc) is 3.59. The van der Waals surface area contributed by atoms with Crippen molar-refractivity contribution in [3.8, 4) is 11.5 Å². The molecule has 2 fully saturated rings. The summed E-state index contributed by atoms with van der Waals surface area (Å²) in [7, 11) is 5.71. The van der Waals surface area contributed by atoms with E-state index in [9.17, 15) is 43.5 Å². The van der Waals surface area contributed by atoms with Gasteiger partial charge in [0.25, 0.3) is 0 Å².